The van der Waals surface area contributed by atoms with Gasteiger partial charge in [0.15, 0.2) is 11.3 Å². The SMILES string of the molecule is Cc1ccc(-c2cc(O[C@@H]3C[C@H]4C(=O)N[C@]5(C(=O)NS(=O)(=O)C6CC6)C[C@H]5/C=C\CCCCC[C@H](NC(=O)OC5CCCC5)C(=O)N4C3)c3oc4ccccc4c3n2)cc1. The summed E-state index contributed by atoms with van der Waals surface area (Å²) in [7, 11) is -3.91. The Labute approximate surface area is 348 Å². The maximum absolute atomic E-state index is 14.8. The lowest BCUT2D eigenvalue weighted by Crippen LogP contribution is -2.58. The lowest BCUT2D eigenvalue weighted by molar-refractivity contribution is -0.141. The number of sulfonamides is 1. The maximum Gasteiger partial charge on any atom is 0.408 e. The summed E-state index contributed by atoms with van der Waals surface area (Å²) in [6, 6.07) is 15.2. The molecule has 0 bridgehead atoms. The van der Waals surface area contributed by atoms with E-state index in [-0.39, 0.29) is 25.5 Å². The van der Waals surface area contributed by atoms with Crippen molar-refractivity contribution in [2.24, 2.45) is 5.92 Å². The molecule has 2 aliphatic heterocycles. The highest BCUT2D eigenvalue weighted by molar-refractivity contribution is 7.91. The number of pyridine rings is 1. The van der Waals surface area contributed by atoms with Crippen LogP contribution in [0.15, 0.2) is 71.2 Å². The number of ether oxygens (including phenoxy) is 2. The van der Waals surface area contributed by atoms with Crippen LogP contribution in [0.4, 0.5) is 4.79 Å². The Morgan fingerprint density at radius 1 is 0.950 bits per heavy atom. The molecule has 1 saturated heterocycles. The van der Waals surface area contributed by atoms with Gasteiger partial charge in [-0.25, -0.2) is 18.2 Å². The van der Waals surface area contributed by atoms with E-state index in [0.717, 1.165) is 55.0 Å². The van der Waals surface area contributed by atoms with Crippen molar-refractivity contribution in [3.63, 3.8) is 0 Å². The van der Waals surface area contributed by atoms with Crippen LogP contribution in [0.25, 0.3) is 33.3 Å². The quantitative estimate of drug-likeness (QED) is 0.169. The zero-order chi connectivity index (χ0) is 41.6. The zero-order valence-corrected chi connectivity index (χ0v) is 34.5. The lowest BCUT2D eigenvalue weighted by Gasteiger charge is -2.30. The van der Waals surface area contributed by atoms with Gasteiger partial charge < -0.3 is 29.4 Å². The van der Waals surface area contributed by atoms with Gasteiger partial charge in [0.1, 0.15) is 40.9 Å². The van der Waals surface area contributed by atoms with Gasteiger partial charge in [0.05, 0.1) is 17.5 Å². The van der Waals surface area contributed by atoms with Crippen molar-refractivity contribution in [1.29, 1.82) is 0 Å². The third-order valence-corrected chi connectivity index (χ3v) is 14.5. The molecule has 5 aliphatic rings. The fraction of sp³-hybridized carbons (Fsp3) is 0.489. The van der Waals surface area contributed by atoms with Crippen molar-refractivity contribution >= 4 is 55.9 Å². The Bertz CT molecular complexity index is 2460. The minimum absolute atomic E-state index is 0.0186. The molecule has 9 rings (SSSR count). The Balaban J connectivity index is 1.05. The number of para-hydroxylation sites is 1. The molecule has 14 nitrogen and oxygen atoms in total. The van der Waals surface area contributed by atoms with Crippen LogP contribution >= 0.6 is 0 Å². The summed E-state index contributed by atoms with van der Waals surface area (Å²) < 4.78 is 47.0. The van der Waals surface area contributed by atoms with Gasteiger partial charge in [-0.05, 0) is 83.3 Å². The van der Waals surface area contributed by atoms with Crippen molar-refractivity contribution in [3.05, 3.63) is 72.3 Å². The molecule has 4 amide bonds. The van der Waals surface area contributed by atoms with E-state index in [2.05, 4.69) is 15.4 Å². The molecular formula is C45H51N5O9S. The summed E-state index contributed by atoms with van der Waals surface area (Å²) >= 11 is 0. The molecule has 0 radical (unpaired) electrons. The lowest BCUT2D eigenvalue weighted by atomic mass is 10.0. The number of allylic oxidation sites excluding steroid dienone is 1. The standard InChI is InChI=1S/C45H51N5O9S/c1-27-17-19-28(20-18-27)35-24-38(40-39(46-35)33-14-9-10-16-37(33)59-40)57-31-23-36-41(51)48-45(43(53)49-60(55,56)32-21-22-32)25-29(45)11-5-3-2-4-6-15-34(42(52)50(36)26-31)47-44(54)58-30-12-7-8-13-30/h5,9-11,14,16-20,24,29-32,34,36H,2-4,6-8,12-13,15,21-23,25-26H2,1H3,(H,47,54)(H,48,51)(H,49,53)/b11-5-/t29-,31-,34+,36+,45-/m1/s1. The fourth-order valence-corrected chi connectivity index (χ4v) is 10.3. The highest BCUT2D eigenvalue weighted by atomic mass is 32.2. The highest BCUT2D eigenvalue weighted by Gasteiger charge is 2.62. The Morgan fingerprint density at radius 2 is 1.72 bits per heavy atom. The number of alkyl carbamates (subject to hydrolysis) is 1. The third kappa shape index (κ3) is 8.20. The summed E-state index contributed by atoms with van der Waals surface area (Å²) in [5.74, 6) is -1.92. The molecule has 3 saturated carbocycles. The number of benzene rings is 2. The number of rotatable bonds is 8. The minimum atomic E-state index is -3.91. The molecule has 316 valence electrons. The number of hydrogen-bond acceptors (Lipinski definition) is 10. The minimum Gasteiger partial charge on any atom is -0.484 e. The van der Waals surface area contributed by atoms with Crippen molar-refractivity contribution in [1.82, 2.24) is 25.2 Å². The number of aryl methyl sites for hydroxylation is 1. The van der Waals surface area contributed by atoms with Crippen LogP contribution in [0.5, 0.6) is 5.75 Å². The van der Waals surface area contributed by atoms with Gasteiger partial charge in [0.25, 0.3) is 5.91 Å². The molecule has 60 heavy (non-hydrogen) atoms. The van der Waals surface area contributed by atoms with Crippen LogP contribution in [-0.4, -0.2) is 83.7 Å². The van der Waals surface area contributed by atoms with Crippen LogP contribution in [0.3, 0.4) is 0 Å². The van der Waals surface area contributed by atoms with Gasteiger partial charge in [0, 0.05) is 29.4 Å². The summed E-state index contributed by atoms with van der Waals surface area (Å²) in [6.07, 6.45) is 10.1. The van der Waals surface area contributed by atoms with E-state index in [1.807, 2.05) is 67.6 Å². The molecule has 4 aromatic rings. The number of aromatic nitrogens is 1. The maximum atomic E-state index is 14.8. The molecule has 3 aliphatic carbocycles. The van der Waals surface area contributed by atoms with Gasteiger partial charge in [-0.1, -0.05) is 67.0 Å². The number of amides is 4. The van der Waals surface area contributed by atoms with Gasteiger partial charge >= 0.3 is 6.09 Å². The zero-order valence-electron chi connectivity index (χ0n) is 33.7. The van der Waals surface area contributed by atoms with Crippen LogP contribution < -0.4 is 20.1 Å². The number of nitrogens with zero attached hydrogens (tertiary/aromatic N) is 2. The molecule has 2 aromatic carbocycles. The molecule has 3 N–H and O–H groups in total. The first-order valence-corrected chi connectivity index (χ1v) is 22.9. The first-order valence-electron chi connectivity index (χ1n) is 21.4. The van der Waals surface area contributed by atoms with Gasteiger partial charge in [0.2, 0.25) is 21.8 Å². The van der Waals surface area contributed by atoms with E-state index in [0.29, 0.717) is 60.2 Å². The van der Waals surface area contributed by atoms with E-state index >= 15 is 0 Å². The number of carbonyl (C=O) groups excluding carboxylic acids is 4. The summed E-state index contributed by atoms with van der Waals surface area (Å²) in [6.45, 7) is 1.99. The normalized spacial score (nSPS) is 27.0. The number of furan rings is 1. The van der Waals surface area contributed by atoms with E-state index in [1.54, 1.807) is 6.07 Å². The van der Waals surface area contributed by atoms with Crippen LogP contribution in [0.1, 0.15) is 89.0 Å². The predicted octanol–water partition coefficient (Wildman–Crippen LogP) is 6.35. The van der Waals surface area contributed by atoms with Gasteiger partial charge in [-0.3, -0.25) is 19.1 Å². The Hall–Kier alpha value is -5.44. The van der Waals surface area contributed by atoms with Crippen LogP contribution in [0.2, 0.25) is 0 Å². The summed E-state index contributed by atoms with van der Waals surface area (Å²) in [5.41, 5.74) is 2.75. The molecule has 5 atom stereocenters. The van der Waals surface area contributed by atoms with Gasteiger partial charge in [-0.15, -0.1) is 0 Å². The molecule has 4 fully saturated rings. The summed E-state index contributed by atoms with van der Waals surface area (Å²) in [4.78, 5) is 63.0. The van der Waals surface area contributed by atoms with Crippen molar-refractivity contribution in [2.45, 2.75) is 125 Å². The Morgan fingerprint density at radius 3 is 2.50 bits per heavy atom. The van der Waals surface area contributed by atoms with Crippen molar-refractivity contribution in [3.8, 4) is 17.0 Å². The number of nitrogens with one attached hydrogen (secondary N) is 3. The largest absolute Gasteiger partial charge is 0.484 e. The second-order valence-electron chi connectivity index (χ2n) is 17.2. The Kier molecular flexibility index (Phi) is 10.8. The first kappa shape index (κ1) is 40.0. The molecule has 15 heteroatoms. The molecule has 0 spiro atoms. The highest BCUT2D eigenvalue weighted by Crippen LogP contribution is 2.46. The van der Waals surface area contributed by atoms with E-state index in [9.17, 15) is 27.6 Å². The predicted molar refractivity (Wildman–Crippen MR) is 223 cm³/mol. The average molecular weight is 838 g/mol. The smallest absolute Gasteiger partial charge is 0.408 e. The second kappa shape index (κ2) is 16.2. The molecule has 4 heterocycles. The van der Waals surface area contributed by atoms with Crippen LogP contribution in [-0.2, 0) is 29.1 Å². The monoisotopic (exact) mass is 837 g/mol. The number of hydrogen-bond donors (Lipinski definition) is 3. The van der Waals surface area contributed by atoms with E-state index in [1.165, 1.54) is 4.90 Å². The topological polar surface area (TPSA) is 186 Å². The van der Waals surface area contributed by atoms with E-state index in [4.69, 9.17) is 18.9 Å². The average Bonchev–Trinajstić information content (AvgIpc) is 4.04. The first-order chi connectivity index (χ1) is 29.0. The molecular weight excluding hydrogens is 787 g/mol. The number of carbonyl (C=O) groups is 4. The molecule has 0 unspecified atom stereocenters. The fourth-order valence-electron chi connectivity index (χ4n) is 8.97. The van der Waals surface area contributed by atoms with E-state index < -0.39 is 68.7 Å². The van der Waals surface area contributed by atoms with Gasteiger partial charge in [-0.2, -0.15) is 0 Å². The van der Waals surface area contributed by atoms with Crippen molar-refractivity contribution < 1.29 is 41.5 Å². The second-order valence-corrected chi connectivity index (χ2v) is 19.1. The summed E-state index contributed by atoms with van der Waals surface area (Å²) in [5, 5.41) is 5.94. The number of fused-ring (bicyclic) bond motifs is 5. The third-order valence-electron chi connectivity index (χ3n) is 12.6. The van der Waals surface area contributed by atoms with Crippen LogP contribution in [0, 0.1) is 12.8 Å². The van der Waals surface area contributed by atoms with Crippen molar-refractivity contribution in [2.75, 3.05) is 6.54 Å². The molecule has 2 aromatic heterocycles.